The molecule has 1 aliphatic heterocycles. The number of nitrogens with one attached hydrogen (secondary N) is 1. The van der Waals surface area contributed by atoms with Crippen LogP contribution in [0.15, 0.2) is 30.5 Å². The average Bonchev–Trinajstić information content (AvgIpc) is 3.04. The van der Waals surface area contributed by atoms with E-state index >= 15 is 0 Å². The molecule has 6 nitrogen and oxygen atoms in total. The minimum absolute atomic E-state index is 0.236. The first kappa shape index (κ1) is 25.0. The molecule has 180 valence electrons. The molecule has 1 fully saturated rings. The van der Waals surface area contributed by atoms with E-state index in [1.165, 1.54) is 12.3 Å². The van der Waals surface area contributed by atoms with Gasteiger partial charge in [0.25, 0.3) is 5.91 Å². The number of carbonyl (C=O) groups is 1. The van der Waals surface area contributed by atoms with E-state index in [1.54, 1.807) is 12.1 Å². The predicted octanol–water partition coefficient (Wildman–Crippen LogP) is 4.69. The number of rotatable bonds is 8. The number of nitrogens with zero attached hydrogens (tertiary/aromatic N) is 1. The fourth-order valence-electron chi connectivity index (χ4n) is 4.05. The van der Waals surface area contributed by atoms with Crippen molar-refractivity contribution in [2.75, 3.05) is 18.6 Å². The van der Waals surface area contributed by atoms with E-state index in [-0.39, 0.29) is 11.5 Å². The maximum absolute atomic E-state index is 14.6. The first-order valence-electron chi connectivity index (χ1n) is 10.9. The summed E-state index contributed by atoms with van der Waals surface area (Å²) < 4.78 is 52.4. The van der Waals surface area contributed by atoms with Crippen molar-refractivity contribution in [2.45, 2.75) is 57.8 Å². The Balaban J connectivity index is 1.93. The number of ether oxygens (including phenoxy) is 2. The van der Waals surface area contributed by atoms with E-state index in [1.807, 2.05) is 27.7 Å². The van der Waals surface area contributed by atoms with E-state index in [0.29, 0.717) is 17.8 Å². The predicted molar refractivity (Wildman–Crippen MR) is 117 cm³/mol. The molecule has 1 aromatic heterocycles. The van der Waals surface area contributed by atoms with Crippen molar-refractivity contribution in [3.63, 3.8) is 0 Å². The summed E-state index contributed by atoms with van der Waals surface area (Å²) in [5.41, 5.74) is 0.352. The largest absolute Gasteiger partial charge is 0.487 e. The van der Waals surface area contributed by atoms with Crippen molar-refractivity contribution >= 4 is 11.6 Å². The first-order valence-corrected chi connectivity index (χ1v) is 10.9. The highest BCUT2D eigenvalue weighted by molar-refractivity contribution is 5.95. The highest BCUT2D eigenvalue weighted by Crippen LogP contribution is 2.49. The molecule has 2 aromatic rings. The molecule has 0 bridgehead atoms. The number of halogens is 3. The van der Waals surface area contributed by atoms with Crippen LogP contribution < -0.4 is 10.1 Å². The molecule has 4 atom stereocenters. The second kappa shape index (κ2) is 10.1. The van der Waals surface area contributed by atoms with Crippen LogP contribution in [0.25, 0.3) is 0 Å². The molecular formula is C24H29F3N2O4. The Morgan fingerprint density at radius 2 is 2.03 bits per heavy atom. The molecule has 0 radical (unpaired) electrons. The highest BCUT2D eigenvalue weighted by Gasteiger charge is 2.51. The number of aromatic nitrogens is 1. The van der Waals surface area contributed by atoms with E-state index in [4.69, 9.17) is 9.47 Å². The number of benzene rings is 1. The Bertz CT molecular complexity index is 984. The van der Waals surface area contributed by atoms with Crippen LogP contribution in [0.4, 0.5) is 18.9 Å². The summed E-state index contributed by atoms with van der Waals surface area (Å²) >= 11 is 0. The normalized spacial score (nSPS) is 22.7. The molecule has 3 rings (SSSR count). The van der Waals surface area contributed by atoms with E-state index in [0.717, 1.165) is 6.07 Å². The fourth-order valence-corrected chi connectivity index (χ4v) is 4.05. The summed E-state index contributed by atoms with van der Waals surface area (Å²) in [5.74, 6) is -4.23. The summed E-state index contributed by atoms with van der Waals surface area (Å²) in [5, 5.41) is 12.6. The lowest BCUT2D eigenvalue weighted by atomic mass is 9.78. The summed E-state index contributed by atoms with van der Waals surface area (Å²) in [7, 11) is 0. The lowest BCUT2D eigenvalue weighted by Crippen LogP contribution is -2.33. The highest BCUT2D eigenvalue weighted by atomic mass is 19.2. The second-order valence-corrected chi connectivity index (χ2v) is 8.66. The average molecular weight is 467 g/mol. The van der Waals surface area contributed by atoms with Gasteiger partial charge in [-0.1, -0.05) is 19.9 Å². The molecule has 1 saturated heterocycles. The molecule has 0 spiro atoms. The number of aliphatic hydroxyl groups is 1. The number of pyridine rings is 1. The zero-order valence-corrected chi connectivity index (χ0v) is 19.1. The molecule has 0 saturated carbocycles. The van der Waals surface area contributed by atoms with Gasteiger partial charge in [-0.05, 0) is 44.4 Å². The Kier molecular flexibility index (Phi) is 7.64. The molecule has 0 aliphatic carbocycles. The van der Waals surface area contributed by atoms with Crippen LogP contribution in [0.3, 0.4) is 0 Å². The number of carbonyl (C=O) groups excluding carboxylic acids is 1. The molecule has 1 amide bonds. The molecule has 1 aliphatic rings. The van der Waals surface area contributed by atoms with Gasteiger partial charge in [-0.15, -0.1) is 0 Å². The van der Waals surface area contributed by atoms with Crippen LogP contribution in [0.2, 0.25) is 0 Å². The van der Waals surface area contributed by atoms with Gasteiger partial charge in [0.1, 0.15) is 19.4 Å². The quantitative estimate of drug-likeness (QED) is 0.590. The molecular weight excluding hydrogens is 437 g/mol. The number of amides is 1. The number of alkyl halides is 1. The number of hydrogen-bond acceptors (Lipinski definition) is 5. The zero-order valence-electron chi connectivity index (χ0n) is 19.1. The molecule has 2 heterocycles. The minimum atomic E-state index is -1.23. The monoisotopic (exact) mass is 466 g/mol. The van der Waals surface area contributed by atoms with Crippen molar-refractivity contribution in [3.8, 4) is 5.75 Å². The maximum Gasteiger partial charge on any atom is 0.254 e. The summed E-state index contributed by atoms with van der Waals surface area (Å²) in [6, 6.07) is 5.54. The Morgan fingerprint density at radius 1 is 1.30 bits per heavy atom. The van der Waals surface area contributed by atoms with Crippen LogP contribution in [0, 0.1) is 17.6 Å². The van der Waals surface area contributed by atoms with Gasteiger partial charge in [0.15, 0.2) is 11.6 Å². The fraction of sp³-hybridized carbons (Fsp3) is 0.500. The second-order valence-electron chi connectivity index (χ2n) is 8.66. The molecule has 0 unspecified atom stereocenters. The van der Waals surface area contributed by atoms with Gasteiger partial charge in [-0.2, -0.15) is 4.39 Å². The summed E-state index contributed by atoms with van der Waals surface area (Å²) in [6.07, 6.45) is 0.186. The van der Waals surface area contributed by atoms with Gasteiger partial charge in [0.05, 0.1) is 29.3 Å². The lowest BCUT2D eigenvalue weighted by Gasteiger charge is -2.26. The molecule has 1 aromatic carbocycles. The molecule has 2 N–H and O–H groups in total. The van der Waals surface area contributed by atoms with Gasteiger partial charge in [0, 0.05) is 11.5 Å². The number of hydrogen-bond donors (Lipinski definition) is 2. The molecule has 33 heavy (non-hydrogen) atoms. The van der Waals surface area contributed by atoms with E-state index < -0.39 is 60.3 Å². The zero-order chi connectivity index (χ0) is 24.3. The third-order valence-electron chi connectivity index (χ3n) is 6.20. The van der Waals surface area contributed by atoms with Crippen molar-refractivity contribution in [1.82, 2.24) is 4.98 Å². The van der Waals surface area contributed by atoms with Crippen LogP contribution in [-0.4, -0.2) is 41.0 Å². The number of anilines is 1. The van der Waals surface area contributed by atoms with Crippen molar-refractivity contribution < 1.29 is 32.5 Å². The topological polar surface area (TPSA) is 80.7 Å². The lowest BCUT2D eigenvalue weighted by molar-refractivity contribution is -0.131. The van der Waals surface area contributed by atoms with Crippen molar-refractivity contribution in [1.29, 1.82) is 0 Å². The van der Waals surface area contributed by atoms with Gasteiger partial charge in [-0.25, -0.2) is 8.78 Å². The van der Waals surface area contributed by atoms with E-state index in [2.05, 4.69) is 10.3 Å². The van der Waals surface area contributed by atoms with Gasteiger partial charge in [-0.3, -0.25) is 9.78 Å². The van der Waals surface area contributed by atoms with Crippen molar-refractivity contribution in [2.24, 2.45) is 5.92 Å². The standard InChI is InChI=1S/C24H29F3N2O4/c1-5-18(30)17-9-6-14(12-28-17)29-23(31)22-19(13(2)24(3,4)33-22)15-7-8-16(26)20(27)21(15)32-11-10-25/h6-9,12-13,18-19,22,30H,5,10-11H2,1-4H3,(H,29,31)/t13-,18-,19-,22+/m0/s1. The summed E-state index contributed by atoms with van der Waals surface area (Å²) in [4.78, 5) is 17.4. The van der Waals surface area contributed by atoms with Gasteiger partial charge in [0.2, 0.25) is 5.82 Å². The first-order chi connectivity index (χ1) is 15.6. The van der Waals surface area contributed by atoms with Crippen LogP contribution in [0.1, 0.15) is 57.4 Å². The van der Waals surface area contributed by atoms with E-state index in [9.17, 15) is 23.1 Å². The summed E-state index contributed by atoms with van der Waals surface area (Å²) in [6.45, 7) is 5.96. The minimum Gasteiger partial charge on any atom is -0.487 e. The molecule has 9 heteroatoms. The van der Waals surface area contributed by atoms with Crippen LogP contribution in [-0.2, 0) is 9.53 Å². The third-order valence-corrected chi connectivity index (χ3v) is 6.20. The van der Waals surface area contributed by atoms with Gasteiger partial charge < -0.3 is 19.9 Å². The Morgan fingerprint density at radius 3 is 2.64 bits per heavy atom. The van der Waals surface area contributed by atoms with Crippen molar-refractivity contribution in [3.05, 3.63) is 53.4 Å². The van der Waals surface area contributed by atoms with Gasteiger partial charge >= 0.3 is 0 Å². The van der Waals surface area contributed by atoms with Crippen LogP contribution >= 0.6 is 0 Å². The Labute approximate surface area is 191 Å². The number of aliphatic hydroxyl groups excluding tert-OH is 1. The SMILES string of the molecule is CC[C@H](O)c1ccc(NC(=O)[C@@H]2OC(C)(C)[C@@H](C)[C@H]2c2ccc(F)c(F)c2OCCF)cn1. The Hall–Kier alpha value is -2.65. The van der Waals surface area contributed by atoms with Crippen LogP contribution in [0.5, 0.6) is 5.75 Å². The smallest absolute Gasteiger partial charge is 0.254 e. The third kappa shape index (κ3) is 5.14. The maximum atomic E-state index is 14.6.